The summed E-state index contributed by atoms with van der Waals surface area (Å²) in [7, 11) is 0. The summed E-state index contributed by atoms with van der Waals surface area (Å²) in [4.78, 5) is 0. The van der Waals surface area contributed by atoms with Crippen LogP contribution in [0, 0.1) is 0 Å². The summed E-state index contributed by atoms with van der Waals surface area (Å²) in [5, 5.41) is 1.77. The Morgan fingerprint density at radius 3 is 2.88 bits per heavy atom. The Labute approximate surface area is 117 Å². The summed E-state index contributed by atoms with van der Waals surface area (Å²) in [6.07, 6.45) is 4.29. The molecule has 0 saturated carbocycles. The van der Waals surface area contributed by atoms with Crippen LogP contribution in [0.4, 0.5) is 0 Å². The first kappa shape index (κ1) is 13.4. The molecule has 0 aromatic heterocycles. The lowest BCUT2D eigenvalue weighted by atomic mass is 9.94. The van der Waals surface area contributed by atoms with Crippen LogP contribution in [0.2, 0.25) is 5.02 Å². The smallest absolute Gasteiger partial charge is 0.0585 e. The van der Waals surface area contributed by atoms with Crippen molar-refractivity contribution in [3.05, 3.63) is 34.9 Å². The third kappa shape index (κ3) is 3.70. The number of benzene rings is 1. The topological polar surface area (TPSA) is 9.23 Å². The SMILES string of the molecule is CC1CCC(CC(CBr)c2cccc(Cl)c2)O1. The van der Waals surface area contributed by atoms with Crippen molar-refractivity contribution in [2.75, 3.05) is 5.33 Å². The fourth-order valence-corrected chi connectivity index (χ4v) is 3.26. The summed E-state index contributed by atoms with van der Waals surface area (Å²) in [6.45, 7) is 2.16. The molecule has 17 heavy (non-hydrogen) atoms. The van der Waals surface area contributed by atoms with Crippen molar-refractivity contribution >= 4 is 27.5 Å². The van der Waals surface area contributed by atoms with E-state index in [2.05, 4.69) is 35.0 Å². The van der Waals surface area contributed by atoms with Gasteiger partial charge in [0.05, 0.1) is 12.2 Å². The van der Waals surface area contributed by atoms with Crippen molar-refractivity contribution in [3.8, 4) is 0 Å². The van der Waals surface area contributed by atoms with Gasteiger partial charge in [-0.05, 0) is 49.8 Å². The van der Waals surface area contributed by atoms with E-state index in [9.17, 15) is 0 Å². The van der Waals surface area contributed by atoms with E-state index in [1.54, 1.807) is 0 Å². The van der Waals surface area contributed by atoms with E-state index >= 15 is 0 Å². The van der Waals surface area contributed by atoms with E-state index < -0.39 is 0 Å². The molecule has 3 atom stereocenters. The van der Waals surface area contributed by atoms with Crippen LogP contribution in [0.5, 0.6) is 0 Å². The number of hydrogen-bond acceptors (Lipinski definition) is 1. The van der Waals surface area contributed by atoms with Crippen LogP contribution in [0.1, 0.15) is 37.7 Å². The quantitative estimate of drug-likeness (QED) is 0.726. The van der Waals surface area contributed by atoms with Gasteiger partial charge in [-0.15, -0.1) is 0 Å². The van der Waals surface area contributed by atoms with E-state index in [0.29, 0.717) is 18.1 Å². The zero-order valence-corrected chi connectivity index (χ0v) is 12.4. The van der Waals surface area contributed by atoms with Gasteiger partial charge in [-0.25, -0.2) is 0 Å². The van der Waals surface area contributed by atoms with Gasteiger partial charge >= 0.3 is 0 Å². The highest BCUT2D eigenvalue weighted by Gasteiger charge is 2.25. The third-order valence-electron chi connectivity index (χ3n) is 3.37. The standard InChI is InChI=1S/C14H18BrClO/c1-10-5-6-14(17-10)8-12(9-15)11-3-2-4-13(16)7-11/h2-4,7,10,12,14H,5-6,8-9H2,1H3. The molecule has 3 heteroatoms. The lowest BCUT2D eigenvalue weighted by molar-refractivity contribution is 0.0479. The van der Waals surface area contributed by atoms with Gasteiger partial charge in [-0.3, -0.25) is 0 Å². The van der Waals surface area contributed by atoms with Gasteiger partial charge in [0.2, 0.25) is 0 Å². The Kier molecular flexibility index (Phi) is 4.89. The predicted molar refractivity (Wildman–Crippen MR) is 76.2 cm³/mol. The van der Waals surface area contributed by atoms with E-state index in [1.807, 2.05) is 12.1 Å². The number of halogens is 2. The predicted octanol–water partition coefficient (Wildman–Crippen LogP) is 4.78. The first-order chi connectivity index (χ1) is 8.19. The number of hydrogen-bond donors (Lipinski definition) is 0. The summed E-state index contributed by atoms with van der Waals surface area (Å²) >= 11 is 9.64. The Morgan fingerprint density at radius 2 is 2.29 bits per heavy atom. The third-order valence-corrected chi connectivity index (χ3v) is 4.39. The van der Waals surface area contributed by atoms with Crippen LogP contribution >= 0.6 is 27.5 Å². The molecule has 1 aliphatic rings. The van der Waals surface area contributed by atoms with Crippen LogP contribution in [0.25, 0.3) is 0 Å². The zero-order valence-electron chi connectivity index (χ0n) is 10.0. The van der Waals surface area contributed by atoms with Crippen molar-refractivity contribution in [1.82, 2.24) is 0 Å². The molecule has 0 spiro atoms. The highest BCUT2D eigenvalue weighted by Crippen LogP contribution is 2.31. The average Bonchev–Trinajstić information content (AvgIpc) is 2.72. The minimum atomic E-state index is 0.409. The second-order valence-corrected chi connectivity index (χ2v) is 5.87. The van der Waals surface area contributed by atoms with Gasteiger partial charge in [-0.2, -0.15) is 0 Å². The minimum Gasteiger partial charge on any atom is -0.375 e. The van der Waals surface area contributed by atoms with E-state index in [4.69, 9.17) is 16.3 Å². The maximum absolute atomic E-state index is 6.04. The summed E-state index contributed by atoms with van der Waals surface area (Å²) in [6, 6.07) is 8.15. The molecule has 3 unspecified atom stereocenters. The van der Waals surface area contributed by atoms with Crippen molar-refractivity contribution in [1.29, 1.82) is 0 Å². The average molecular weight is 318 g/mol. The monoisotopic (exact) mass is 316 g/mol. The molecule has 0 amide bonds. The molecule has 94 valence electrons. The summed E-state index contributed by atoms with van der Waals surface area (Å²) in [5.41, 5.74) is 1.30. The van der Waals surface area contributed by atoms with Gasteiger partial charge in [0.1, 0.15) is 0 Å². The van der Waals surface area contributed by atoms with Crippen LogP contribution in [-0.2, 0) is 4.74 Å². The van der Waals surface area contributed by atoms with E-state index in [1.165, 1.54) is 18.4 Å². The van der Waals surface area contributed by atoms with Crippen LogP contribution in [0.15, 0.2) is 24.3 Å². The van der Waals surface area contributed by atoms with Crippen molar-refractivity contribution in [2.24, 2.45) is 0 Å². The molecule has 0 bridgehead atoms. The van der Waals surface area contributed by atoms with Gasteiger partial charge in [0.15, 0.2) is 0 Å². The second-order valence-electron chi connectivity index (χ2n) is 4.79. The van der Waals surface area contributed by atoms with Crippen molar-refractivity contribution in [3.63, 3.8) is 0 Å². The van der Waals surface area contributed by atoms with Crippen molar-refractivity contribution < 1.29 is 4.74 Å². The maximum Gasteiger partial charge on any atom is 0.0585 e. The Hall–Kier alpha value is -0.0500. The van der Waals surface area contributed by atoms with Crippen molar-refractivity contribution in [2.45, 2.75) is 44.3 Å². The zero-order chi connectivity index (χ0) is 12.3. The minimum absolute atomic E-state index is 0.409. The van der Waals surface area contributed by atoms with Crippen LogP contribution in [-0.4, -0.2) is 17.5 Å². The lowest BCUT2D eigenvalue weighted by Gasteiger charge is -2.19. The van der Waals surface area contributed by atoms with Crippen LogP contribution < -0.4 is 0 Å². The van der Waals surface area contributed by atoms with E-state index in [-0.39, 0.29) is 0 Å². The van der Waals surface area contributed by atoms with Gasteiger partial charge in [0, 0.05) is 10.4 Å². The normalized spacial score (nSPS) is 26.1. The molecule has 1 nitrogen and oxygen atoms in total. The Morgan fingerprint density at radius 1 is 1.47 bits per heavy atom. The van der Waals surface area contributed by atoms with Gasteiger partial charge < -0.3 is 4.74 Å². The number of alkyl halides is 1. The molecule has 1 heterocycles. The molecule has 1 fully saturated rings. The van der Waals surface area contributed by atoms with E-state index in [0.717, 1.165) is 16.8 Å². The highest BCUT2D eigenvalue weighted by molar-refractivity contribution is 9.09. The number of rotatable bonds is 4. The molecule has 0 N–H and O–H groups in total. The molecule has 1 aliphatic heterocycles. The maximum atomic E-state index is 6.04. The number of ether oxygens (including phenoxy) is 1. The fourth-order valence-electron chi connectivity index (χ4n) is 2.42. The molecule has 0 radical (unpaired) electrons. The fraction of sp³-hybridized carbons (Fsp3) is 0.571. The molecule has 1 aromatic carbocycles. The first-order valence-corrected chi connectivity index (χ1v) is 7.66. The van der Waals surface area contributed by atoms with Gasteiger partial charge in [-0.1, -0.05) is 39.7 Å². The van der Waals surface area contributed by atoms with Crippen LogP contribution in [0.3, 0.4) is 0 Å². The molecule has 2 rings (SSSR count). The molecule has 1 saturated heterocycles. The Balaban J connectivity index is 2.01. The first-order valence-electron chi connectivity index (χ1n) is 6.16. The lowest BCUT2D eigenvalue weighted by Crippen LogP contribution is -2.14. The highest BCUT2D eigenvalue weighted by atomic mass is 79.9. The largest absolute Gasteiger partial charge is 0.375 e. The molecule has 0 aliphatic carbocycles. The molecule has 1 aromatic rings. The summed E-state index contributed by atoms with van der Waals surface area (Å²) < 4.78 is 5.89. The molecular weight excluding hydrogens is 300 g/mol. The second kappa shape index (κ2) is 6.21. The Bertz CT molecular complexity index is 369. The molecular formula is C14H18BrClO. The van der Waals surface area contributed by atoms with Gasteiger partial charge in [0.25, 0.3) is 0 Å². The summed E-state index contributed by atoms with van der Waals surface area (Å²) in [5.74, 6) is 0.490.